The summed E-state index contributed by atoms with van der Waals surface area (Å²) in [6.07, 6.45) is -2.53. The number of benzene rings is 1. The van der Waals surface area contributed by atoms with Crippen molar-refractivity contribution in [1.82, 2.24) is 0 Å². The molecular weight excluding hydrogens is 246 g/mol. The van der Waals surface area contributed by atoms with E-state index in [1.54, 1.807) is 6.07 Å². The number of fused-ring (bicyclic) bond motifs is 1. The minimum Gasteiger partial charge on any atom is -0.205 e. The summed E-state index contributed by atoms with van der Waals surface area (Å²) in [6.45, 7) is 0. The fraction of sp³-hybridized carbons (Fsp3) is 0.111. The molecule has 0 atom stereocenters. The molecule has 0 radical (unpaired) electrons. The van der Waals surface area contributed by atoms with Crippen LogP contribution in [-0.2, 0) is 0 Å². The zero-order chi connectivity index (χ0) is 10.3. The van der Waals surface area contributed by atoms with E-state index < -0.39 is 6.43 Å². The molecule has 0 saturated carbocycles. The van der Waals surface area contributed by atoms with Crippen LogP contribution in [0.15, 0.2) is 22.4 Å². The Morgan fingerprint density at radius 2 is 2.00 bits per heavy atom. The molecule has 2 aromatic rings. The van der Waals surface area contributed by atoms with Crippen LogP contribution in [0.2, 0.25) is 5.02 Å². The number of rotatable bonds is 1. The van der Waals surface area contributed by atoms with Crippen LogP contribution in [0.3, 0.4) is 0 Å². The van der Waals surface area contributed by atoms with Gasteiger partial charge in [0.15, 0.2) is 0 Å². The molecule has 0 N–H and O–H groups in total. The van der Waals surface area contributed by atoms with Crippen LogP contribution in [0, 0.1) is 0 Å². The van der Waals surface area contributed by atoms with Crippen molar-refractivity contribution in [3.05, 3.63) is 28.8 Å². The number of hydrogen-bond acceptors (Lipinski definition) is 2. The molecule has 74 valence electrons. The number of thiophene rings is 1. The summed E-state index contributed by atoms with van der Waals surface area (Å²) in [5.41, 5.74) is -0.116. The van der Waals surface area contributed by atoms with Gasteiger partial charge in [0.05, 0.1) is 9.23 Å². The number of alkyl halides is 2. The van der Waals surface area contributed by atoms with Gasteiger partial charge < -0.3 is 0 Å². The maximum Gasteiger partial charge on any atom is 0.265 e. The zero-order valence-electron chi connectivity index (χ0n) is 6.80. The molecule has 1 aromatic heterocycles. The highest BCUT2D eigenvalue weighted by Crippen LogP contribution is 2.35. The summed E-state index contributed by atoms with van der Waals surface area (Å²) >= 11 is 11.2. The van der Waals surface area contributed by atoms with Gasteiger partial charge in [0.1, 0.15) is 0 Å². The molecule has 0 fully saturated rings. The Hall–Kier alpha value is -0.320. The van der Waals surface area contributed by atoms with E-state index in [2.05, 4.69) is 12.6 Å². The molecule has 2 rings (SSSR count). The first-order valence-electron chi connectivity index (χ1n) is 3.78. The van der Waals surface area contributed by atoms with E-state index >= 15 is 0 Å². The van der Waals surface area contributed by atoms with Gasteiger partial charge in [-0.3, -0.25) is 0 Å². The third-order valence-electron chi connectivity index (χ3n) is 1.86. The first-order chi connectivity index (χ1) is 6.58. The minimum absolute atomic E-state index is 0.110. The van der Waals surface area contributed by atoms with Crippen LogP contribution in [0.4, 0.5) is 8.78 Å². The van der Waals surface area contributed by atoms with Crippen LogP contribution in [-0.4, -0.2) is 0 Å². The SMILES string of the molecule is FC(F)c1cc2sc(S)cc2cc1Cl. The maximum atomic E-state index is 12.5. The fourth-order valence-corrected chi connectivity index (χ4v) is 2.75. The predicted octanol–water partition coefficient (Wildman–Crippen LogP) is 4.78. The molecule has 0 aliphatic carbocycles. The normalized spacial score (nSPS) is 11.5. The molecule has 0 spiro atoms. The fourth-order valence-electron chi connectivity index (χ4n) is 1.23. The first-order valence-corrected chi connectivity index (χ1v) is 5.42. The van der Waals surface area contributed by atoms with Crippen LogP contribution in [0.5, 0.6) is 0 Å². The quantitative estimate of drug-likeness (QED) is 0.692. The minimum atomic E-state index is -2.53. The van der Waals surface area contributed by atoms with Crippen molar-refractivity contribution in [2.45, 2.75) is 10.6 Å². The number of thiol groups is 1. The van der Waals surface area contributed by atoms with E-state index in [-0.39, 0.29) is 10.6 Å². The topological polar surface area (TPSA) is 0 Å². The van der Waals surface area contributed by atoms with Crippen molar-refractivity contribution in [2.24, 2.45) is 0 Å². The van der Waals surface area contributed by atoms with Crippen molar-refractivity contribution < 1.29 is 8.78 Å². The molecule has 1 aromatic carbocycles. The van der Waals surface area contributed by atoms with Gasteiger partial charge in [-0.25, -0.2) is 8.78 Å². The molecule has 0 nitrogen and oxygen atoms in total. The van der Waals surface area contributed by atoms with Gasteiger partial charge in [-0.05, 0) is 23.6 Å². The van der Waals surface area contributed by atoms with Gasteiger partial charge >= 0.3 is 0 Å². The van der Waals surface area contributed by atoms with E-state index in [0.717, 1.165) is 14.3 Å². The lowest BCUT2D eigenvalue weighted by atomic mass is 10.2. The highest BCUT2D eigenvalue weighted by atomic mass is 35.5. The van der Waals surface area contributed by atoms with E-state index in [4.69, 9.17) is 11.6 Å². The summed E-state index contributed by atoms with van der Waals surface area (Å²) in [5, 5.41) is 0.966. The Morgan fingerprint density at radius 3 is 2.64 bits per heavy atom. The van der Waals surface area contributed by atoms with Gasteiger partial charge in [0.25, 0.3) is 6.43 Å². The van der Waals surface area contributed by atoms with Crippen LogP contribution < -0.4 is 0 Å². The van der Waals surface area contributed by atoms with Crippen molar-refractivity contribution in [3.63, 3.8) is 0 Å². The molecule has 14 heavy (non-hydrogen) atoms. The molecule has 0 aliphatic rings. The average molecular weight is 251 g/mol. The van der Waals surface area contributed by atoms with Gasteiger partial charge in [0.2, 0.25) is 0 Å². The highest BCUT2D eigenvalue weighted by molar-refractivity contribution is 7.83. The van der Waals surface area contributed by atoms with Crippen LogP contribution in [0.1, 0.15) is 12.0 Å². The maximum absolute atomic E-state index is 12.5. The number of halogens is 3. The van der Waals surface area contributed by atoms with Gasteiger partial charge in [-0.15, -0.1) is 24.0 Å². The van der Waals surface area contributed by atoms with Crippen molar-refractivity contribution in [1.29, 1.82) is 0 Å². The lowest BCUT2D eigenvalue weighted by Crippen LogP contribution is -1.84. The second-order valence-corrected chi connectivity index (χ2v) is 5.07. The smallest absolute Gasteiger partial charge is 0.205 e. The summed E-state index contributed by atoms with van der Waals surface area (Å²) in [5.74, 6) is 0. The Kier molecular flexibility index (Phi) is 2.68. The predicted molar refractivity (Wildman–Crippen MR) is 59.0 cm³/mol. The molecule has 0 bridgehead atoms. The third-order valence-corrected chi connectivity index (χ3v) is 3.49. The lowest BCUT2D eigenvalue weighted by Gasteiger charge is -2.02. The summed E-state index contributed by atoms with van der Waals surface area (Å²) in [4.78, 5) is 0. The Bertz CT molecular complexity index is 479. The van der Waals surface area contributed by atoms with Crippen molar-refractivity contribution >= 4 is 45.7 Å². The van der Waals surface area contributed by atoms with E-state index in [1.165, 1.54) is 17.4 Å². The highest BCUT2D eigenvalue weighted by Gasteiger charge is 2.13. The lowest BCUT2D eigenvalue weighted by molar-refractivity contribution is 0.151. The van der Waals surface area contributed by atoms with Crippen LogP contribution >= 0.6 is 35.6 Å². The van der Waals surface area contributed by atoms with Crippen molar-refractivity contribution in [2.75, 3.05) is 0 Å². The summed E-state index contributed by atoms with van der Waals surface area (Å²) in [6, 6.07) is 4.78. The third kappa shape index (κ3) is 1.74. The molecule has 0 saturated heterocycles. The van der Waals surface area contributed by atoms with Gasteiger partial charge in [0, 0.05) is 10.3 Å². The number of hydrogen-bond donors (Lipinski definition) is 1. The second kappa shape index (κ2) is 3.68. The van der Waals surface area contributed by atoms with Gasteiger partial charge in [-0.2, -0.15) is 0 Å². The summed E-state index contributed by atoms with van der Waals surface area (Å²) < 4.78 is 26.5. The van der Waals surface area contributed by atoms with E-state index in [0.29, 0.717) is 0 Å². The standard InChI is InChI=1S/C9H5ClF2S2/c10-6-1-4-2-8(13)14-7(4)3-5(6)9(11)12/h1-3,9,13H. The van der Waals surface area contributed by atoms with Crippen molar-refractivity contribution in [3.8, 4) is 0 Å². The van der Waals surface area contributed by atoms with Crippen LogP contribution in [0.25, 0.3) is 10.1 Å². The molecule has 0 unspecified atom stereocenters. The molecular formula is C9H5ClF2S2. The monoisotopic (exact) mass is 250 g/mol. The molecule has 0 aliphatic heterocycles. The Labute approximate surface area is 93.9 Å². The van der Waals surface area contributed by atoms with E-state index in [1.807, 2.05) is 6.07 Å². The molecule has 0 amide bonds. The Balaban J connectivity index is 2.70. The zero-order valence-corrected chi connectivity index (χ0v) is 9.27. The molecule has 1 heterocycles. The largest absolute Gasteiger partial charge is 0.265 e. The van der Waals surface area contributed by atoms with Gasteiger partial charge in [-0.1, -0.05) is 11.6 Å². The summed E-state index contributed by atoms with van der Waals surface area (Å²) in [7, 11) is 0. The average Bonchev–Trinajstić information content (AvgIpc) is 2.42. The Morgan fingerprint density at radius 1 is 1.29 bits per heavy atom. The first kappa shape index (κ1) is 10.2. The second-order valence-electron chi connectivity index (χ2n) is 2.80. The molecule has 5 heteroatoms. The van der Waals surface area contributed by atoms with E-state index in [9.17, 15) is 8.78 Å².